The summed E-state index contributed by atoms with van der Waals surface area (Å²) >= 11 is 0. The van der Waals surface area contributed by atoms with Crippen molar-refractivity contribution in [3.05, 3.63) is 42.0 Å². The number of hydrogen-bond donors (Lipinski definition) is 5. The maximum Gasteiger partial charge on any atom is 0.252 e. The van der Waals surface area contributed by atoms with Gasteiger partial charge in [-0.25, -0.2) is 4.98 Å². The second-order valence-electron chi connectivity index (χ2n) is 7.08. The molecule has 3 rings (SSSR count). The quantitative estimate of drug-likeness (QED) is 0.437. The summed E-state index contributed by atoms with van der Waals surface area (Å²) in [7, 11) is 0. The highest BCUT2D eigenvalue weighted by Gasteiger charge is 2.22. The fourth-order valence-electron chi connectivity index (χ4n) is 3.34. The molecule has 1 aliphatic carbocycles. The number of anilines is 3. The van der Waals surface area contributed by atoms with Gasteiger partial charge in [-0.05, 0) is 49.2 Å². The summed E-state index contributed by atoms with van der Waals surface area (Å²) in [4.78, 5) is 20.7. The molecule has 0 aliphatic heterocycles. The lowest BCUT2D eigenvalue weighted by molar-refractivity contribution is 0.100. The van der Waals surface area contributed by atoms with Gasteiger partial charge in [-0.15, -0.1) is 0 Å². The lowest BCUT2D eigenvalue weighted by Crippen LogP contribution is -2.42. The number of hydrogen-bond acceptors (Lipinski definition) is 7. The van der Waals surface area contributed by atoms with E-state index >= 15 is 0 Å². The lowest BCUT2D eigenvalue weighted by Gasteiger charge is -2.29. The minimum Gasteiger partial charge on any atom is -0.366 e. The summed E-state index contributed by atoms with van der Waals surface area (Å²) < 4.78 is 0. The number of nitrogens with one attached hydrogen (secondary N) is 3. The van der Waals surface area contributed by atoms with Crippen LogP contribution >= 0.6 is 0 Å². The molecule has 1 aromatic carbocycles. The van der Waals surface area contributed by atoms with Crippen LogP contribution in [0.5, 0.6) is 0 Å². The van der Waals surface area contributed by atoms with Gasteiger partial charge in [0, 0.05) is 36.6 Å². The summed E-state index contributed by atoms with van der Waals surface area (Å²) in [6.45, 7) is 0. The zero-order valence-electron chi connectivity index (χ0n) is 16.3. The molecule has 7 N–H and O–H groups in total. The van der Waals surface area contributed by atoms with Gasteiger partial charge < -0.3 is 27.5 Å². The number of primary amides is 1. The number of carbonyl (C=O) groups excluding carboxylic acids is 1. The normalized spacial score (nSPS) is 19.1. The van der Waals surface area contributed by atoms with E-state index in [0.29, 0.717) is 23.6 Å². The van der Waals surface area contributed by atoms with Crippen molar-refractivity contribution < 1.29 is 4.79 Å². The SMILES string of the molecule is N=CCC=Nc1ccc(Nc2nc(NC3CCCCC3N)ccc2C(N)=O)cc1. The molecule has 0 radical (unpaired) electrons. The molecule has 2 aromatic rings. The lowest BCUT2D eigenvalue weighted by atomic mass is 9.91. The highest BCUT2D eigenvalue weighted by molar-refractivity contribution is 5.98. The molecule has 8 nitrogen and oxygen atoms in total. The minimum atomic E-state index is -0.547. The third kappa shape index (κ3) is 5.61. The second-order valence-corrected chi connectivity index (χ2v) is 7.08. The van der Waals surface area contributed by atoms with Gasteiger partial charge in [0.05, 0.1) is 11.3 Å². The third-order valence-electron chi connectivity index (χ3n) is 4.91. The maximum atomic E-state index is 11.8. The van der Waals surface area contributed by atoms with E-state index in [1.165, 1.54) is 6.21 Å². The molecule has 1 saturated carbocycles. The highest BCUT2D eigenvalue weighted by Crippen LogP contribution is 2.25. The number of pyridine rings is 1. The summed E-state index contributed by atoms with van der Waals surface area (Å²) in [5, 5.41) is 13.6. The molecule has 1 heterocycles. The fourth-order valence-corrected chi connectivity index (χ4v) is 3.34. The predicted octanol–water partition coefficient (Wildman–Crippen LogP) is 3.35. The molecule has 152 valence electrons. The summed E-state index contributed by atoms with van der Waals surface area (Å²) in [6.07, 6.45) is 7.76. The molecule has 1 fully saturated rings. The second kappa shape index (κ2) is 9.79. The van der Waals surface area contributed by atoms with Crippen LogP contribution in [0, 0.1) is 5.41 Å². The van der Waals surface area contributed by atoms with Gasteiger partial charge in [0.25, 0.3) is 5.91 Å². The van der Waals surface area contributed by atoms with E-state index in [9.17, 15) is 4.79 Å². The number of rotatable bonds is 8. The van der Waals surface area contributed by atoms with Crippen LogP contribution in [0.3, 0.4) is 0 Å². The highest BCUT2D eigenvalue weighted by atomic mass is 16.1. The van der Waals surface area contributed by atoms with Crippen molar-refractivity contribution >= 4 is 41.3 Å². The largest absolute Gasteiger partial charge is 0.366 e. The van der Waals surface area contributed by atoms with Crippen molar-refractivity contribution in [3.63, 3.8) is 0 Å². The van der Waals surface area contributed by atoms with Crippen LogP contribution < -0.4 is 22.1 Å². The van der Waals surface area contributed by atoms with E-state index in [4.69, 9.17) is 16.9 Å². The van der Waals surface area contributed by atoms with Crippen LogP contribution in [0.2, 0.25) is 0 Å². The van der Waals surface area contributed by atoms with Gasteiger partial charge in [0.15, 0.2) is 0 Å². The summed E-state index contributed by atoms with van der Waals surface area (Å²) in [6, 6.07) is 11.1. The Bertz CT molecular complexity index is 879. The number of aromatic nitrogens is 1. The number of benzene rings is 1. The van der Waals surface area contributed by atoms with Crippen LogP contribution in [-0.2, 0) is 0 Å². The van der Waals surface area contributed by atoms with Crippen LogP contribution in [0.25, 0.3) is 0 Å². The van der Waals surface area contributed by atoms with Gasteiger partial charge in [-0.3, -0.25) is 9.79 Å². The standard InChI is InChI=1S/C21H27N7O/c22-12-3-13-25-14-6-8-15(9-7-14)26-21-16(20(24)29)10-11-19(28-21)27-18-5-2-1-4-17(18)23/h6-13,17-18,22H,1-5,23H2,(H2,24,29)(H2,26,27,28). The van der Waals surface area contributed by atoms with Crippen molar-refractivity contribution in [2.24, 2.45) is 16.5 Å². The number of carbonyl (C=O) groups is 1. The van der Waals surface area contributed by atoms with E-state index < -0.39 is 5.91 Å². The molecule has 2 atom stereocenters. The number of nitrogens with zero attached hydrogens (tertiary/aromatic N) is 2. The minimum absolute atomic E-state index is 0.0959. The Labute approximate surface area is 170 Å². The molecule has 0 spiro atoms. The third-order valence-corrected chi connectivity index (χ3v) is 4.91. The number of nitrogens with two attached hydrogens (primary N) is 2. The van der Waals surface area contributed by atoms with Crippen LogP contribution in [0.4, 0.5) is 23.0 Å². The molecule has 0 bridgehead atoms. The van der Waals surface area contributed by atoms with Crippen molar-refractivity contribution in [3.8, 4) is 0 Å². The Morgan fingerprint density at radius 2 is 1.97 bits per heavy atom. The van der Waals surface area contributed by atoms with Gasteiger partial charge in [-0.1, -0.05) is 12.8 Å². The van der Waals surface area contributed by atoms with E-state index in [2.05, 4.69) is 20.6 Å². The molecule has 8 heteroatoms. The monoisotopic (exact) mass is 393 g/mol. The maximum absolute atomic E-state index is 11.8. The number of aliphatic imine (C=N–C) groups is 1. The topological polar surface area (TPSA) is 142 Å². The van der Waals surface area contributed by atoms with Crippen LogP contribution in [-0.4, -0.2) is 35.4 Å². The first kappa shape index (κ1) is 20.5. The number of amides is 1. The predicted molar refractivity (Wildman–Crippen MR) is 118 cm³/mol. The van der Waals surface area contributed by atoms with Crippen molar-refractivity contribution in [2.45, 2.75) is 44.2 Å². The Balaban J connectivity index is 1.77. The summed E-state index contributed by atoms with van der Waals surface area (Å²) in [5.41, 5.74) is 13.6. The first-order valence-corrected chi connectivity index (χ1v) is 9.78. The zero-order valence-corrected chi connectivity index (χ0v) is 16.3. The van der Waals surface area contributed by atoms with Gasteiger partial charge in [0.1, 0.15) is 11.6 Å². The van der Waals surface area contributed by atoms with Crippen molar-refractivity contribution in [1.29, 1.82) is 5.41 Å². The fraction of sp³-hybridized carbons (Fsp3) is 0.333. The van der Waals surface area contributed by atoms with Crippen molar-refractivity contribution in [2.75, 3.05) is 10.6 Å². The van der Waals surface area contributed by atoms with E-state index in [0.717, 1.165) is 37.1 Å². The first-order valence-electron chi connectivity index (χ1n) is 9.78. The van der Waals surface area contributed by atoms with Gasteiger partial charge in [-0.2, -0.15) is 0 Å². The Hall–Kier alpha value is -3.26. The first-order chi connectivity index (χ1) is 14.1. The Kier molecular flexibility index (Phi) is 6.91. The van der Waals surface area contributed by atoms with Crippen molar-refractivity contribution in [1.82, 2.24) is 4.98 Å². The van der Waals surface area contributed by atoms with E-state index in [1.807, 2.05) is 24.3 Å². The van der Waals surface area contributed by atoms with Crippen LogP contribution in [0.15, 0.2) is 41.4 Å². The van der Waals surface area contributed by atoms with Crippen LogP contribution in [0.1, 0.15) is 42.5 Å². The molecule has 1 aromatic heterocycles. The Morgan fingerprint density at radius 1 is 1.21 bits per heavy atom. The molecular weight excluding hydrogens is 366 g/mol. The smallest absolute Gasteiger partial charge is 0.252 e. The van der Waals surface area contributed by atoms with Gasteiger partial charge >= 0.3 is 0 Å². The van der Waals surface area contributed by atoms with Gasteiger partial charge in [0.2, 0.25) is 0 Å². The molecule has 0 saturated heterocycles. The van der Waals surface area contributed by atoms with E-state index in [-0.39, 0.29) is 12.1 Å². The summed E-state index contributed by atoms with van der Waals surface area (Å²) in [5.74, 6) is 0.508. The molecule has 1 aliphatic rings. The molecule has 1 amide bonds. The van der Waals surface area contributed by atoms with E-state index in [1.54, 1.807) is 18.3 Å². The molecule has 29 heavy (non-hydrogen) atoms. The Morgan fingerprint density at radius 3 is 2.66 bits per heavy atom. The average molecular weight is 393 g/mol. The average Bonchev–Trinajstić information content (AvgIpc) is 2.71. The zero-order chi connectivity index (χ0) is 20.6. The molecule has 2 unspecified atom stereocenters. The molecular formula is C21H27N7O.